The molecule has 0 spiro atoms. The minimum atomic E-state index is 0.379. The van der Waals surface area contributed by atoms with Gasteiger partial charge in [0.2, 0.25) is 0 Å². The standard InChI is InChI=1S/C18H21Cl2N/c1-13(2)21-12-16(14-7-4-3-5-8-14)11-15-9-6-10-17(19)18(15)20/h3-10,13,16,21H,11-12H2,1-2H3. The van der Waals surface area contributed by atoms with Crippen LogP contribution in [0.1, 0.15) is 30.9 Å². The average molecular weight is 322 g/mol. The zero-order valence-corrected chi connectivity index (χ0v) is 14.0. The molecule has 0 amide bonds. The summed E-state index contributed by atoms with van der Waals surface area (Å²) in [7, 11) is 0. The van der Waals surface area contributed by atoms with E-state index in [0.717, 1.165) is 18.5 Å². The van der Waals surface area contributed by atoms with Gasteiger partial charge in [0.15, 0.2) is 0 Å². The Balaban J connectivity index is 2.21. The predicted molar refractivity (Wildman–Crippen MR) is 92.5 cm³/mol. The molecule has 1 N–H and O–H groups in total. The van der Waals surface area contributed by atoms with Crippen LogP contribution < -0.4 is 5.32 Å². The molecule has 3 heteroatoms. The Kier molecular flexibility index (Phi) is 6.10. The molecule has 0 aliphatic heterocycles. The van der Waals surface area contributed by atoms with E-state index in [1.807, 2.05) is 18.2 Å². The number of hydrogen-bond acceptors (Lipinski definition) is 1. The van der Waals surface area contributed by atoms with Crippen LogP contribution in [0.2, 0.25) is 10.0 Å². The lowest BCUT2D eigenvalue weighted by Gasteiger charge is -2.20. The van der Waals surface area contributed by atoms with Crippen molar-refractivity contribution in [2.75, 3.05) is 6.54 Å². The minimum Gasteiger partial charge on any atom is -0.314 e. The van der Waals surface area contributed by atoms with Crippen LogP contribution >= 0.6 is 23.2 Å². The smallest absolute Gasteiger partial charge is 0.0624 e. The Labute approximate surface area is 137 Å². The molecule has 2 rings (SSSR count). The van der Waals surface area contributed by atoms with E-state index in [0.29, 0.717) is 22.0 Å². The second-order valence-corrected chi connectivity index (χ2v) is 6.37. The van der Waals surface area contributed by atoms with Gasteiger partial charge in [0.25, 0.3) is 0 Å². The summed E-state index contributed by atoms with van der Waals surface area (Å²) in [5, 5.41) is 4.82. The lowest BCUT2D eigenvalue weighted by Crippen LogP contribution is -2.29. The van der Waals surface area contributed by atoms with Crippen LogP contribution in [0.3, 0.4) is 0 Å². The van der Waals surface area contributed by atoms with Crippen molar-refractivity contribution in [3.63, 3.8) is 0 Å². The molecular formula is C18H21Cl2N. The highest BCUT2D eigenvalue weighted by Crippen LogP contribution is 2.30. The normalized spacial score (nSPS) is 12.6. The fourth-order valence-corrected chi connectivity index (χ4v) is 2.78. The van der Waals surface area contributed by atoms with Crippen LogP contribution in [0.25, 0.3) is 0 Å². The molecule has 1 unspecified atom stereocenters. The maximum Gasteiger partial charge on any atom is 0.0624 e. The summed E-state index contributed by atoms with van der Waals surface area (Å²) < 4.78 is 0. The summed E-state index contributed by atoms with van der Waals surface area (Å²) in [4.78, 5) is 0. The van der Waals surface area contributed by atoms with Crippen molar-refractivity contribution < 1.29 is 0 Å². The molecular weight excluding hydrogens is 301 g/mol. The van der Waals surface area contributed by atoms with Crippen LogP contribution in [0.4, 0.5) is 0 Å². The number of benzene rings is 2. The molecule has 0 saturated heterocycles. The summed E-state index contributed by atoms with van der Waals surface area (Å²) in [6, 6.07) is 16.9. The van der Waals surface area contributed by atoms with Gasteiger partial charge in [-0.1, -0.05) is 79.5 Å². The van der Waals surface area contributed by atoms with E-state index in [2.05, 4.69) is 49.5 Å². The summed E-state index contributed by atoms with van der Waals surface area (Å²) in [5.74, 6) is 0.379. The van der Waals surface area contributed by atoms with Crippen molar-refractivity contribution in [1.82, 2.24) is 5.32 Å². The minimum absolute atomic E-state index is 0.379. The van der Waals surface area contributed by atoms with Crippen LogP contribution in [-0.2, 0) is 6.42 Å². The molecule has 2 aromatic rings. The molecule has 0 fully saturated rings. The van der Waals surface area contributed by atoms with Crippen LogP contribution in [0, 0.1) is 0 Å². The van der Waals surface area contributed by atoms with Gasteiger partial charge in [-0.3, -0.25) is 0 Å². The first kappa shape index (κ1) is 16.4. The van der Waals surface area contributed by atoms with Gasteiger partial charge in [0.1, 0.15) is 0 Å². The van der Waals surface area contributed by atoms with E-state index in [4.69, 9.17) is 23.2 Å². The molecule has 0 heterocycles. The van der Waals surface area contributed by atoms with Gasteiger partial charge in [-0.05, 0) is 23.6 Å². The van der Waals surface area contributed by atoms with Crippen LogP contribution in [0.5, 0.6) is 0 Å². The highest BCUT2D eigenvalue weighted by Gasteiger charge is 2.15. The fourth-order valence-electron chi connectivity index (χ4n) is 2.38. The third-order valence-electron chi connectivity index (χ3n) is 3.54. The van der Waals surface area contributed by atoms with Gasteiger partial charge in [0, 0.05) is 18.5 Å². The van der Waals surface area contributed by atoms with Crippen molar-refractivity contribution in [3.05, 3.63) is 69.7 Å². The summed E-state index contributed by atoms with van der Waals surface area (Å²) in [6.07, 6.45) is 0.878. The Hall–Kier alpha value is -1.02. The first-order chi connectivity index (χ1) is 10.1. The van der Waals surface area contributed by atoms with Gasteiger partial charge >= 0.3 is 0 Å². The number of rotatable bonds is 6. The van der Waals surface area contributed by atoms with Crippen LogP contribution in [-0.4, -0.2) is 12.6 Å². The van der Waals surface area contributed by atoms with E-state index < -0.39 is 0 Å². The maximum absolute atomic E-state index is 6.34. The zero-order chi connectivity index (χ0) is 15.2. The molecule has 0 saturated carbocycles. The molecule has 0 radical (unpaired) electrons. The quantitative estimate of drug-likeness (QED) is 0.759. The molecule has 21 heavy (non-hydrogen) atoms. The van der Waals surface area contributed by atoms with Crippen LogP contribution in [0.15, 0.2) is 48.5 Å². The lowest BCUT2D eigenvalue weighted by atomic mass is 9.91. The van der Waals surface area contributed by atoms with Gasteiger partial charge in [0.05, 0.1) is 10.0 Å². The molecule has 0 aliphatic rings. The Morgan fingerprint density at radius 2 is 1.67 bits per heavy atom. The molecule has 1 atom stereocenters. The largest absolute Gasteiger partial charge is 0.314 e. The van der Waals surface area contributed by atoms with E-state index in [9.17, 15) is 0 Å². The maximum atomic E-state index is 6.34. The second-order valence-electron chi connectivity index (χ2n) is 5.59. The lowest BCUT2D eigenvalue weighted by molar-refractivity contribution is 0.527. The van der Waals surface area contributed by atoms with E-state index in [1.165, 1.54) is 5.56 Å². The third-order valence-corrected chi connectivity index (χ3v) is 4.40. The second kappa shape index (κ2) is 7.84. The topological polar surface area (TPSA) is 12.0 Å². The zero-order valence-electron chi connectivity index (χ0n) is 12.4. The first-order valence-corrected chi connectivity index (χ1v) is 8.04. The monoisotopic (exact) mass is 321 g/mol. The van der Waals surface area contributed by atoms with Crippen molar-refractivity contribution in [2.24, 2.45) is 0 Å². The Morgan fingerprint density at radius 1 is 0.952 bits per heavy atom. The molecule has 0 aromatic heterocycles. The predicted octanol–water partition coefficient (Wildman–Crippen LogP) is 5.32. The molecule has 0 aliphatic carbocycles. The van der Waals surface area contributed by atoms with Crippen molar-refractivity contribution in [3.8, 4) is 0 Å². The third kappa shape index (κ3) is 4.74. The number of hydrogen-bond donors (Lipinski definition) is 1. The highest BCUT2D eigenvalue weighted by atomic mass is 35.5. The Bertz CT molecular complexity index is 567. The first-order valence-electron chi connectivity index (χ1n) is 7.29. The number of nitrogens with one attached hydrogen (secondary N) is 1. The molecule has 2 aromatic carbocycles. The van der Waals surface area contributed by atoms with Gasteiger partial charge < -0.3 is 5.32 Å². The van der Waals surface area contributed by atoms with Crippen molar-refractivity contribution >= 4 is 23.2 Å². The SMILES string of the molecule is CC(C)NCC(Cc1cccc(Cl)c1Cl)c1ccccc1. The van der Waals surface area contributed by atoms with E-state index >= 15 is 0 Å². The Morgan fingerprint density at radius 3 is 2.33 bits per heavy atom. The highest BCUT2D eigenvalue weighted by molar-refractivity contribution is 6.42. The molecule has 1 nitrogen and oxygen atoms in total. The van der Waals surface area contributed by atoms with E-state index in [-0.39, 0.29) is 0 Å². The van der Waals surface area contributed by atoms with Gasteiger partial charge in [-0.15, -0.1) is 0 Å². The van der Waals surface area contributed by atoms with Gasteiger partial charge in [-0.25, -0.2) is 0 Å². The molecule has 112 valence electrons. The fraction of sp³-hybridized carbons (Fsp3) is 0.333. The average Bonchev–Trinajstić information content (AvgIpc) is 2.48. The summed E-state index contributed by atoms with van der Waals surface area (Å²) >= 11 is 12.5. The van der Waals surface area contributed by atoms with Crippen molar-refractivity contribution in [1.29, 1.82) is 0 Å². The molecule has 0 bridgehead atoms. The number of halogens is 2. The van der Waals surface area contributed by atoms with Gasteiger partial charge in [-0.2, -0.15) is 0 Å². The summed E-state index contributed by atoms with van der Waals surface area (Å²) in [6.45, 7) is 5.24. The van der Waals surface area contributed by atoms with Crippen molar-refractivity contribution in [2.45, 2.75) is 32.2 Å². The summed E-state index contributed by atoms with van der Waals surface area (Å²) in [5.41, 5.74) is 2.42. The van der Waals surface area contributed by atoms with E-state index in [1.54, 1.807) is 0 Å².